The minimum atomic E-state index is -0.300. The maximum absolute atomic E-state index is 12.4. The van der Waals surface area contributed by atoms with Crippen molar-refractivity contribution in [2.24, 2.45) is 0 Å². The molecule has 7 heteroatoms. The van der Waals surface area contributed by atoms with E-state index in [0.29, 0.717) is 5.16 Å². The highest BCUT2D eigenvalue weighted by molar-refractivity contribution is 7.99. The molecule has 1 heterocycles. The highest BCUT2D eigenvalue weighted by Gasteiger charge is 2.22. The summed E-state index contributed by atoms with van der Waals surface area (Å²) in [6.45, 7) is 4.06. The minimum Gasteiger partial charge on any atom is -0.493 e. The zero-order valence-corrected chi connectivity index (χ0v) is 17.2. The second-order valence-electron chi connectivity index (χ2n) is 7.22. The molecule has 0 radical (unpaired) electrons. The number of aryl methyl sites for hydroxylation is 1. The number of aromatic nitrogens is 2. The van der Waals surface area contributed by atoms with Crippen LogP contribution in [0.5, 0.6) is 5.88 Å². The van der Waals surface area contributed by atoms with E-state index in [0.717, 1.165) is 43.7 Å². The van der Waals surface area contributed by atoms with Gasteiger partial charge in [0, 0.05) is 6.04 Å². The third kappa shape index (κ3) is 4.95. The van der Waals surface area contributed by atoms with Crippen LogP contribution in [0.1, 0.15) is 62.7 Å². The van der Waals surface area contributed by atoms with E-state index in [1.807, 2.05) is 19.1 Å². The van der Waals surface area contributed by atoms with Gasteiger partial charge in [0.25, 0.3) is 5.56 Å². The lowest BCUT2D eigenvalue weighted by Crippen LogP contribution is -2.29. The fourth-order valence-electron chi connectivity index (χ4n) is 3.60. The van der Waals surface area contributed by atoms with Crippen LogP contribution in [-0.2, 0) is 11.2 Å². The van der Waals surface area contributed by atoms with Crippen molar-refractivity contribution >= 4 is 17.7 Å². The van der Waals surface area contributed by atoms with E-state index in [1.165, 1.54) is 17.3 Å². The Bertz CT molecular complexity index is 873. The van der Waals surface area contributed by atoms with Crippen LogP contribution in [0.3, 0.4) is 0 Å². The molecule has 1 fully saturated rings. The van der Waals surface area contributed by atoms with Gasteiger partial charge in [0.05, 0.1) is 17.9 Å². The molecule has 0 aliphatic heterocycles. The highest BCUT2D eigenvalue weighted by atomic mass is 32.2. The lowest BCUT2D eigenvalue weighted by atomic mass is 10.1. The molecule has 150 valence electrons. The molecule has 1 aliphatic carbocycles. The molecular formula is C21H27N3O3S. The van der Waals surface area contributed by atoms with Gasteiger partial charge in [-0.1, -0.05) is 55.8 Å². The minimum absolute atomic E-state index is 0.0992. The largest absolute Gasteiger partial charge is 0.493 e. The summed E-state index contributed by atoms with van der Waals surface area (Å²) in [6.07, 6.45) is 5.00. The second-order valence-corrected chi connectivity index (χ2v) is 8.16. The first-order valence-electron chi connectivity index (χ1n) is 9.81. The van der Waals surface area contributed by atoms with Crippen LogP contribution in [0, 0.1) is 0 Å². The number of rotatable bonds is 7. The third-order valence-electron chi connectivity index (χ3n) is 5.19. The van der Waals surface area contributed by atoms with E-state index in [-0.39, 0.29) is 35.2 Å². The Morgan fingerprint density at radius 1 is 1.32 bits per heavy atom. The number of carbonyl (C=O) groups excluding carboxylic acids is 1. The van der Waals surface area contributed by atoms with E-state index in [9.17, 15) is 14.7 Å². The van der Waals surface area contributed by atoms with E-state index in [4.69, 9.17) is 0 Å². The quantitative estimate of drug-likeness (QED) is 0.547. The molecule has 1 atom stereocenters. The summed E-state index contributed by atoms with van der Waals surface area (Å²) in [5.74, 6) is -0.292. The van der Waals surface area contributed by atoms with E-state index in [1.54, 1.807) is 4.57 Å². The number of amides is 1. The molecule has 1 aromatic carbocycles. The molecule has 3 rings (SSSR count). The van der Waals surface area contributed by atoms with Gasteiger partial charge in [-0.2, -0.15) is 4.98 Å². The average Bonchev–Trinajstić information content (AvgIpc) is 3.20. The maximum Gasteiger partial charge on any atom is 0.258 e. The van der Waals surface area contributed by atoms with Gasteiger partial charge < -0.3 is 10.4 Å². The first-order valence-corrected chi connectivity index (χ1v) is 10.8. The van der Waals surface area contributed by atoms with Crippen LogP contribution in [0.25, 0.3) is 0 Å². The molecule has 0 saturated heterocycles. The molecule has 1 saturated carbocycles. The lowest BCUT2D eigenvalue weighted by Gasteiger charge is -2.18. The molecular weight excluding hydrogens is 374 g/mol. The monoisotopic (exact) mass is 401 g/mol. The second kappa shape index (κ2) is 9.28. The summed E-state index contributed by atoms with van der Waals surface area (Å²) in [6, 6.07) is 9.35. The molecule has 2 N–H and O–H groups in total. The van der Waals surface area contributed by atoms with Crippen molar-refractivity contribution in [1.82, 2.24) is 14.9 Å². The van der Waals surface area contributed by atoms with Gasteiger partial charge in [0.15, 0.2) is 5.16 Å². The van der Waals surface area contributed by atoms with Gasteiger partial charge >= 0.3 is 0 Å². The number of carbonyl (C=O) groups is 1. The number of nitrogens with zero attached hydrogens (tertiary/aromatic N) is 2. The maximum atomic E-state index is 12.4. The number of aromatic hydroxyl groups is 1. The van der Waals surface area contributed by atoms with Gasteiger partial charge in [-0.05, 0) is 37.3 Å². The fraction of sp³-hybridized carbons (Fsp3) is 0.476. The van der Waals surface area contributed by atoms with Crippen molar-refractivity contribution < 1.29 is 9.90 Å². The normalized spacial score (nSPS) is 15.5. The highest BCUT2D eigenvalue weighted by Crippen LogP contribution is 2.31. The molecule has 0 spiro atoms. The van der Waals surface area contributed by atoms with E-state index in [2.05, 4.69) is 29.4 Å². The summed E-state index contributed by atoms with van der Waals surface area (Å²) in [5, 5.41) is 13.1. The molecule has 2 aromatic rings. The van der Waals surface area contributed by atoms with Crippen molar-refractivity contribution in [1.29, 1.82) is 0 Å². The van der Waals surface area contributed by atoms with Crippen LogP contribution in [-0.4, -0.2) is 26.3 Å². The number of benzene rings is 1. The Morgan fingerprint density at radius 2 is 2.00 bits per heavy atom. The Balaban J connectivity index is 1.64. The summed E-state index contributed by atoms with van der Waals surface area (Å²) in [7, 11) is 0. The van der Waals surface area contributed by atoms with Crippen molar-refractivity contribution in [2.75, 3.05) is 5.75 Å². The van der Waals surface area contributed by atoms with E-state index < -0.39 is 0 Å². The van der Waals surface area contributed by atoms with Gasteiger partial charge in [0.2, 0.25) is 11.8 Å². The number of hydrogen-bond donors (Lipinski definition) is 2. The first kappa shape index (κ1) is 20.5. The SMILES string of the molecule is CCc1ccc([C@H](C)NC(=O)CSc2nc(O)cc(=O)n2C2CCCC2)cc1. The van der Waals surface area contributed by atoms with Crippen LogP contribution < -0.4 is 10.9 Å². The molecule has 0 bridgehead atoms. The summed E-state index contributed by atoms with van der Waals surface area (Å²) in [5.41, 5.74) is 2.05. The lowest BCUT2D eigenvalue weighted by molar-refractivity contribution is -0.119. The summed E-state index contributed by atoms with van der Waals surface area (Å²) >= 11 is 1.19. The summed E-state index contributed by atoms with van der Waals surface area (Å²) in [4.78, 5) is 28.9. The van der Waals surface area contributed by atoms with Crippen molar-refractivity contribution in [3.05, 3.63) is 51.8 Å². The Morgan fingerprint density at radius 3 is 2.64 bits per heavy atom. The molecule has 6 nitrogen and oxygen atoms in total. The van der Waals surface area contributed by atoms with E-state index >= 15 is 0 Å². The van der Waals surface area contributed by atoms with Crippen LogP contribution in [0.4, 0.5) is 0 Å². The number of thioether (sulfide) groups is 1. The smallest absolute Gasteiger partial charge is 0.258 e. The molecule has 1 aliphatic rings. The van der Waals surface area contributed by atoms with Crippen molar-refractivity contribution in [2.45, 2.75) is 63.2 Å². The van der Waals surface area contributed by atoms with Gasteiger partial charge in [-0.15, -0.1) is 0 Å². The molecule has 1 amide bonds. The van der Waals surface area contributed by atoms with Gasteiger partial charge in [-0.3, -0.25) is 14.2 Å². The average molecular weight is 402 g/mol. The van der Waals surface area contributed by atoms with Crippen LogP contribution in [0.15, 0.2) is 40.3 Å². The fourth-order valence-corrected chi connectivity index (χ4v) is 4.48. The predicted molar refractivity (Wildman–Crippen MR) is 111 cm³/mol. The van der Waals surface area contributed by atoms with Gasteiger partial charge in [0.1, 0.15) is 0 Å². The Kier molecular flexibility index (Phi) is 6.78. The standard InChI is InChI=1S/C21H27N3O3S/c1-3-15-8-10-16(11-9-15)14(2)22-19(26)13-28-21-23-18(25)12-20(27)24(21)17-6-4-5-7-17/h8-12,14,17,25H,3-7,13H2,1-2H3,(H,22,26)/t14-/m0/s1. The van der Waals surface area contributed by atoms with Crippen LogP contribution >= 0.6 is 11.8 Å². The predicted octanol–water partition coefficient (Wildman–Crippen LogP) is 3.60. The molecule has 1 aromatic heterocycles. The Hall–Kier alpha value is -2.28. The zero-order valence-electron chi connectivity index (χ0n) is 16.4. The van der Waals surface area contributed by atoms with Crippen molar-refractivity contribution in [3.63, 3.8) is 0 Å². The van der Waals surface area contributed by atoms with Crippen molar-refractivity contribution in [3.8, 4) is 5.88 Å². The van der Waals surface area contributed by atoms with Crippen LogP contribution in [0.2, 0.25) is 0 Å². The van der Waals surface area contributed by atoms with Gasteiger partial charge in [-0.25, -0.2) is 0 Å². The number of nitrogens with one attached hydrogen (secondary N) is 1. The molecule has 0 unspecified atom stereocenters. The zero-order chi connectivity index (χ0) is 20.1. The molecule has 28 heavy (non-hydrogen) atoms. The first-order chi connectivity index (χ1) is 13.5. The third-order valence-corrected chi connectivity index (χ3v) is 6.15. The topological polar surface area (TPSA) is 84.2 Å². The summed E-state index contributed by atoms with van der Waals surface area (Å²) < 4.78 is 1.64. The number of hydrogen-bond acceptors (Lipinski definition) is 5. The Labute approximate surface area is 169 Å².